The molecule has 1 aliphatic rings. The lowest BCUT2D eigenvalue weighted by Gasteiger charge is -2.13. The van der Waals surface area contributed by atoms with Crippen molar-refractivity contribution in [1.82, 2.24) is 15.0 Å². The van der Waals surface area contributed by atoms with Crippen LogP contribution in [-0.4, -0.2) is 15.5 Å². The number of hydroxylamine groups is 1. The first-order valence-electron chi connectivity index (χ1n) is 10.6. The number of aromatic nitrogens is 2. The number of nitrogens with zero attached hydrogens (tertiary/aromatic N) is 3. The first kappa shape index (κ1) is 22.4. The minimum atomic E-state index is -0.610. The van der Waals surface area contributed by atoms with Crippen LogP contribution in [0.2, 0.25) is 10.0 Å². The fraction of sp³-hybridized carbons (Fsp3) is 0.160. The topological polar surface area (TPSA) is 80.5 Å². The monoisotopic (exact) mass is 493 g/mol. The SMILES string of the molecule is Cc1cc2c(cn1)cc(-c1cc(NC3=NC(c4ccc(Cl)cc4Cl)ON3)ccc1C)c(=O)n2C. The predicted octanol–water partition coefficient (Wildman–Crippen LogP) is 5.53. The van der Waals surface area contributed by atoms with Gasteiger partial charge >= 0.3 is 0 Å². The number of aryl methyl sites for hydroxylation is 3. The van der Waals surface area contributed by atoms with Gasteiger partial charge in [-0.15, -0.1) is 0 Å². The van der Waals surface area contributed by atoms with Gasteiger partial charge in [0.2, 0.25) is 12.2 Å². The Morgan fingerprint density at radius 1 is 1.06 bits per heavy atom. The molecule has 5 rings (SSSR count). The van der Waals surface area contributed by atoms with Crippen molar-refractivity contribution in [3.63, 3.8) is 0 Å². The Morgan fingerprint density at radius 2 is 1.88 bits per heavy atom. The maximum Gasteiger partial charge on any atom is 0.258 e. The van der Waals surface area contributed by atoms with Gasteiger partial charge in [0.25, 0.3) is 5.56 Å². The quantitative estimate of drug-likeness (QED) is 0.392. The molecule has 0 amide bonds. The molecule has 0 fully saturated rings. The van der Waals surface area contributed by atoms with Crippen LogP contribution in [-0.2, 0) is 11.9 Å². The van der Waals surface area contributed by atoms with Crippen LogP contribution >= 0.6 is 23.2 Å². The van der Waals surface area contributed by atoms with E-state index in [4.69, 9.17) is 28.0 Å². The van der Waals surface area contributed by atoms with E-state index in [1.165, 1.54) is 0 Å². The number of pyridine rings is 2. The van der Waals surface area contributed by atoms with Gasteiger partial charge in [0.15, 0.2) is 0 Å². The minimum absolute atomic E-state index is 0.0736. The van der Waals surface area contributed by atoms with Crippen molar-refractivity contribution in [3.8, 4) is 11.1 Å². The van der Waals surface area contributed by atoms with Gasteiger partial charge in [0.1, 0.15) is 0 Å². The maximum atomic E-state index is 13.2. The van der Waals surface area contributed by atoms with Crippen molar-refractivity contribution in [1.29, 1.82) is 0 Å². The van der Waals surface area contributed by atoms with Crippen molar-refractivity contribution in [2.24, 2.45) is 12.0 Å². The molecule has 0 saturated heterocycles. The highest BCUT2D eigenvalue weighted by atomic mass is 35.5. The molecule has 7 nitrogen and oxygen atoms in total. The molecule has 1 aliphatic heterocycles. The Bertz CT molecular complexity index is 1530. The van der Waals surface area contributed by atoms with E-state index in [-0.39, 0.29) is 5.56 Å². The third-order valence-corrected chi connectivity index (χ3v) is 6.34. The Morgan fingerprint density at radius 3 is 2.68 bits per heavy atom. The van der Waals surface area contributed by atoms with E-state index in [1.54, 1.807) is 36.0 Å². The summed E-state index contributed by atoms with van der Waals surface area (Å²) in [5, 5.41) is 5.13. The molecule has 0 aliphatic carbocycles. The molecule has 0 radical (unpaired) electrons. The largest absolute Gasteiger partial charge is 0.325 e. The minimum Gasteiger partial charge on any atom is -0.325 e. The Labute approximate surface area is 206 Å². The fourth-order valence-electron chi connectivity index (χ4n) is 3.96. The number of nitrogens with one attached hydrogen (secondary N) is 2. The number of aliphatic imine (C=N–C) groups is 1. The summed E-state index contributed by atoms with van der Waals surface area (Å²) in [5.41, 5.74) is 8.28. The number of rotatable bonds is 3. The van der Waals surface area contributed by atoms with Gasteiger partial charge in [-0.2, -0.15) is 0 Å². The lowest BCUT2D eigenvalue weighted by Crippen LogP contribution is -2.25. The lowest BCUT2D eigenvalue weighted by atomic mass is 9.99. The first-order chi connectivity index (χ1) is 16.3. The molecular weight excluding hydrogens is 473 g/mol. The summed E-state index contributed by atoms with van der Waals surface area (Å²) in [6.45, 7) is 3.88. The van der Waals surface area contributed by atoms with Crippen LogP contribution in [0.5, 0.6) is 0 Å². The van der Waals surface area contributed by atoms with E-state index in [0.29, 0.717) is 27.1 Å². The van der Waals surface area contributed by atoms with Crippen molar-refractivity contribution in [2.75, 3.05) is 5.32 Å². The summed E-state index contributed by atoms with van der Waals surface area (Å²) in [7, 11) is 1.78. The molecular formula is C25H21Cl2N5O2. The zero-order valence-corrected chi connectivity index (χ0v) is 20.2. The summed E-state index contributed by atoms with van der Waals surface area (Å²) in [4.78, 5) is 27.7. The summed E-state index contributed by atoms with van der Waals surface area (Å²) < 4.78 is 1.66. The zero-order valence-electron chi connectivity index (χ0n) is 18.7. The van der Waals surface area contributed by atoms with Crippen LogP contribution in [0.25, 0.3) is 22.0 Å². The highest BCUT2D eigenvalue weighted by Crippen LogP contribution is 2.31. The zero-order chi connectivity index (χ0) is 24.0. The highest BCUT2D eigenvalue weighted by Gasteiger charge is 2.23. The average molecular weight is 494 g/mol. The number of hydrogen-bond donors (Lipinski definition) is 2. The van der Waals surface area contributed by atoms with Gasteiger partial charge in [-0.1, -0.05) is 35.3 Å². The molecule has 4 aromatic rings. The van der Waals surface area contributed by atoms with Gasteiger partial charge in [0.05, 0.1) is 5.52 Å². The standard InChI is InChI=1S/C25H21Cl2N5O2/c1-13-4-6-17(29-25-30-23(34-31-25)18-7-5-16(26)10-21(18)27)11-19(13)20-9-15-12-28-14(2)8-22(15)32(3)24(20)33/h4-12,23H,1-3H3,(H2,29,30,31). The summed E-state index contributed by atoms with van der Waals surface area (Å²) in [6, 6.07) is 14.8. The van der Waals surface area contributed by atoms with E-state index < -0.39 is 6.23 Å². The lowest BCUT2D eigenvalue weighted by molar-refractivity contribution is 0.0376. The number of fused-ring (bicyclic) bond motifs is 1. The van der Waals surface area contributed by atoms with E-state index in [2.05, 4.69) is 20.8 Å². The number of guanidine groups is 1. The molecule has 0 saturated carbocycles. The third kappa shape index (κ3) is 4.14. The number of halogens is 2. The number of anilines is 1. The molecule has 0 bridgehead atoms. The molecule has 34 heavy (non-hydrogen) atoms. The van der Waals surface area contributed by atoms with Crippen LogP contribution in [0.4, 0.5) is 5.69 Å². The summed E-state index contributed by atoms with van der Waals surface area (Å²) in [5.74, 6) is 0.428. The van der Waals surface area contributed by atoms with Gasteiger partial charge in [-0.25, -0.2) is 15.3 Å². The molecule has 2 aromatic carbocycles. The summed E-state index contributed by atoms with van der Waals surface area (Å²) in [6.07, 6.45) is 1.18. The predicted molar refractivity (Wildman–Crippen MR) is 136 cm³/mol. The van der Waals surface area contributed by atoms with Gasteiger partial charge in [-0.3, -0.25) is 9.78 Å². The molecule has 2 N–H and O–H groups in total. The molecule has 9 heteroatoms. The third-order valence-electron chi connectivity index (χ3n) is 5.78. The molecule has 1 atom stereocenters. The Hall–Kier alpha value is -3.39. The van der Waals surface area contributed by atoms with Gasteiger partial charge in [-0.05, 0) is 61.4 Å². The van der Waals surface area contributed by atoms with Crippen molar-refractivity contribution < 1.29 is 4.84 Å². The maximum absolute atomic E-state index is 13.2. The molecule has 3 heterocycles. The highest BCUT2D eigenvalue weighted by molar-refractivity contribution is 6.35. The van der Waals surface area contributed by atoms with Gasteiger partial charge in [0, 0.05) is 51.2 Å². The second-order valence-corrected chi connectivity index (χ2v) is 9.02. The second kappa shape index (κ2) is 8.76. The van der Waals surface area contributed by atoms with Crippen LogP contribution in [0.1, 0.15) is 23.0 Å². The number of hydrogen-bond acceptors (Lipinski definition) is 6. The van der Waals surface area contributed by atoms with Crippen molar-refractivity contribution in [2.45, 2.75) is 20.1 Å². The van der Waals surface area contributed by atoms with Crippen molar-refractivity contribution in [3.05, 3.63) is 91.9 Å². The Balaban J connectivity index is 1.48. The fourth-order valence-corrected chi connectivity index (χ4v) is 4.46. The van der Waals surface area contributed by atoms with Crippen LogP contribution < -0.4 is 16.4 Å². The van der Waals surface area contributed by atoms with E-state index in [0.717, 1.165) is 33.4 Å². The summed E-state index contributed by atoms with van der Waals surface area (Å²) >= 11 is 12.3. The van der Waals surface area contributed by atoms with Gasteiger partial charge < -0.3 is 9.88 Å². The normalized spacial score (nSPS) is 15.3. The van der Waals surface area contributed by atoms with E-state index in [9.17, 15) is 4.79 Å². The molecule has 2 aromatic heterocycles. The van der Waals surface area contributed by atoms with Crippen LogP contribution in [0, 0.1) is 13.8 Å². The van der Waals surface area contributed by atoms with Crippen LogP contribution in [0.3, 0.4) is 0 Å². The smallest absolute Gasteiger partial charge is 0.258 e. The van der Waals surface area contributed by atoms with E-state index >= 15 is 0 Å². The molecule has 172 valence electrons. The van der Waals surface area contributed by atoms with Crippen LogP contribution in [0.15, 0.2) is 64.5 Å². The molecule has 1 unspecified atom stereocenters. The molecule has 0 spiro atoms. The van der Waals surface area contributed by atoms with Crippen molar-refractivity contribution >= 4 is 45.8 Å². The Kier molecular flexibility index (Phi) is 5.77. The van der Waals surface area contributed by atoms with E-state index in [1.807, 2.05) is 44.2 Å². The first-order valence-corrected chi connectivity index (χ1v) is 11.3. The average Bonchev–Trinajstić information content (AvgIpc) is 3.26. The second-order valence-electron chi connectivity index (χ2n) is 8.18. The number of benzene rings is 2.